The lowest BCUT2D eigenvalue weighted by molar-refractivity contribution is -0.137. The average Bonchev–Trinajstić information content (AvgIpc) is 2.76. The Balaban J connectivity index is 1.94. The number of amides is 1. The first-order valence-electron chi connectivity index (χ1n) is 9.16. The molecule has 0 atom stereocenters. The molecule has 6 heteroatoms. The van der Waals surface area contributed by atoms with Gasteiger partial charge in [0.1, 0.15) is 0 Å². The summed E-state index contributed by atoms with van der Waals surface area (Å²) in [6, 6.07) is 20.7. The number of halogens is 3. The quantitative estimate of drug-likeness (QED) is 0.632. The van der Waals surface area contributed by atoms with Crippen molar-refractivity contribution in [1.29, 1.82) is 0 Å². The van der Waals surface area contributed by atoms with Gasteiger partial charge in [-0.15, -0.1) is 0 Å². The minimum Gasteiger partial charge on any atom is -0.395 e. The number of rotatable bonds is 4. The summed E-state index contributed by atoms with van der Waals surface area (Å²) in [5.74, 6) is 4.29. The third kappa shape index (κ3) is 5.07. The molecule has 0 aliphatic carbocycles. The van der Waals surface area contributed by atoms with Gasteiger partial charge in [-0.25, -0.2) is 0 Å². The SMILES string of the molecule is O=C(C#Cc1ccc(-c2ccccc2)c(C(F)(F)F)c1)N(CCO)c1ccccc1. The maximum atomic E-state index is 13.6. The Morgan fingerprint density at radius 3 is 2.17 bits per heavy atom. The van der Waals surface area contributed by atoms with Crippen LogP contribution in [-0.2, 0) is 11.0 Å². The number of nitrogens with zero attached hydrogens (tertiary/aromatic N) is 1. The van der Waals surface area contributed by atoms with E-state index in [-0.39, 0.29) is 24.3 Å². The van der Waals surface area contributed by atoms with Gasteiger partial charge in [-0.3, -0.25) is 9.69 Å². The Morgan fingerprint density at radius 2 is 1.57 bits per heavy atom. The van der Waals surface area contributed by atoms with Crippen LogP contribution in [0, 0.1) is 11.8 Å². The van der Waals surface area contributed by atoms with Crippen molar-refractivity contribution in [3.05, 3.63) is 90.0 Å². The predicted octanol–water partition coefficient (Wildman–Crippen LogP) is 4.75. The number of para-hydroxylation sites is 1. The number of carbonyl (C=O) groups excluding carboxylic acids is 1. The van der Waals surface area contributed by atoms with Crippen LogP contribution in [-0.4, -0.2) is 24.2 Å². The first-order chi connectivity index (χ1) is 14.4. The van der Waals surface area contributed by atoms with Crippen LogP contribution >= 0.6 is 0 Å². The Hall–Kier alpha value is -3.56. The third-order valence-corrected chi connectivity index (χ3v) is 4.36. The molecule has 30 heavy (non-hydrogen) atoms. The molecule has 0 heterocycles. The second-order valence-electron chi connectivity index (χ2n) is 6.39. The monoisotopic (exact) mass is 409 g/mol. The lowest BCUT2D eigenvalue weighted by Gasteiger charge is -2.18. The summed E-state index contributed by atoms with van der Waals surface area (Å²) in [5.41, 5.74) is 0.293. The number of alkyl halides is 3. The second kappa shape index (κ2) is 9.29. The molecule has 0 saturated heterocycles. The Morgan fingerprint density at radius 1 is 0.933 bits per heavy atom. The summed E-state index contributed by atoms with van der Waals surface area (Å²) in [4.78, 5) is 13.8. The highest BCUT2D eigenvalue weighted by molar-refractivity contribution is 6.06. The number of aliphatic hydroxyl groups is 1. The van der Waals surface area contributed by atoms with Gasteiger partial charge in [-0.05, 0) is 35.4 Å². The van der Waals surface area contributed by atoms with Gasteiger partial charge in [0.05, 0.1) is 12.2 Å². The zero-order chi connectivity index (χ0) is 21.6. The molecule has 0 radical (unpaired) electrons. The molecule has 0 aromatic heterocycles. The number of carbonyl (C=O) groups is 1. The maximum Gasteiger partial charge on any atom is 0.417 e. The molecule has 1 N–H and O–H groups in total. The molecular formula is C24H18F3NO2. The molecule has 0 bridgehead atoms. The minimum absolute atomic E-state index is 0.0261. The van der Waals surface area contributed by atoms with E-state index in [1.807, 2.05) is 0 Å². The van der Waals surface area contributed by atoms with E-state index >= 15 is 0 Å². The number of hydrogen-bond acceptors (Lipinski definition) is 2. The van der Waals surface area contributed by atoms with Gasteiger partial charge in [0.25, 0.3) is 0 Å². The van der Waals surface area contributed by atoms with Crippen LogP contribution in [0.15, 0.2) is 78.9 Å². The fraction of sp³-hybridized carbons (Fsp3) is 0.125. The number of aliphatic hydroxyl groups excluding tert-OH is 1. The molecule has 152 valence electrons. The van der Waals surface area contributed by atoms with E-state index in [4.69, 9.17) is 0 Å². The molecule has 1 amide bonds. The van der Waals surface area contributed by atoms with Gasteiger partial charge in [0.2, 0.25) is 0 Å². The largest absolute Gasteiger partial charge is 0.417 e. The normalized spacial score (nSPS) is 10.8. The molecule has 3 aromatic rings. The van der Waals surface area contributed by atoms with Crippen molar-refractivity contribution in [3.8, 4) is 23.0 Å². The van der Waals surface area contributed by atoms with Crippen LogP contribution in [0.4, 0.5) is 18.9 Å². The summed E-state index contributed by atoms with van der Waals surface area (Å²) in [7, 11) is 0. The lowest BCUT2D eigenvalue weighted by Crippen LogP contribution is -2.32. The van der Waals surface area contributed by atoms with Crippen LogP contribution in [0.5, 0.6) is 0 Å². The summed E-state index contributed by atoms with van der Waals surface area (Å²) in [6.45, 7) is -0.245. The zero-order valence-corrected chi connectivity index (χ0v) is 15.9. The standard InChI is InChI=1S/C24H18F3NO2/c25-24(26,27)22-17-18(11-13-21(22)19-7-3-1-4-8-19)12-14-23(30)28(15-16-29)20-9-5-2-6-10-20/h1-11,13,17,29H,15-16H2. The number of benzene rings is 3. The van der Waals surface area contributed by atoms with E-state index in [0.29, 0.717) is 11.3 Å². The molecule has 3 rings (SSSR count). The van der Waals surface area contributed by atoms with E-state index in [2.05, 4.69) is 11.8 Å². The van der Waals surface area contributed by atoms with E-state index in [9.17, 15) is 23.1 Å². The molecule has 3 aromatic carbocycles. The Kier molecular flexibility index (Phi) is 6.55. The molecule has 0 fully saturated rings. The first kappa shape index (κ1) is 21.2. The molecule has 0 saturated carbocycles. The number of hydrogen-bond donors (Lipinski definition) is 1. The summed E-state index contributed by atoms with van der Waals surface area (Å²) in [5, 5.41) is 9.23. The van der Waals surface area contributed by atoms with E-state index < -0.39 is 17.6 Å². The number of anilines is 1. The van der Waals surface area contributed by atoms with Crippen molar-refractivity contribution >= 4 is 11.6 Å². The fourth-order valence-electron chi connectivity index (χ4n) is 2.97. The van der Waals surface area contributed by atoms with Crippen molar-refractivity contribution in [1.82, 2.24) is 0 Å². The van der Waals surface area contributed by atoms with Crippen LogP contribution < -0.4 is 4.90 Å². The van der Waals surface area contributed by atoms with Gasteiger partial charge in [0.15, 0.2) is 0 Å². The van der Waals surface area contributed by atoms with E-state index in [1.165, 1.54) is 17.0 Å². The van der Waals surface area contributed by atoms with Crippen LogP contribution in [0.3, 0.4) is 0 Å². The molecule has 0 aliphatic heterocycles. The van der Waals surface area contributed by atoms with Crippen LogP contribution in [0.25, 0.3) is 11.1 Å². The van der Waals surface area contributed by atoms with Crippen molar-refractivity contribution in [2.75, 3.05) is 18.1 Å². The highest BCUT2D eigenvalue weighted by Crippen LogP contribution is 2.37. The van der Waals surface area contributed by atoms with E-state index in [1.54, 1.807) is 60.7 Å². The fourth-order valence-corrected chi connectivity index (χ4v) is 2.97. The summed E-state index contributed by atoms with van der Waals surface area (Å²) >= 11 is 0. The highest BCUT2D eigenvalue weighted by atomic mass is 19.4. The highest BCUT2D eigenvalue weighted by Gasteiger charge is 2.33. The van der Waals surface area contributed by atoms with Gasteiger partial charge < -0.3 is 5.11 Å². The van der Waals surface area contributed by atoms with Crippen molar-refractivity contribution in [2.24, 2.45) is 0 Å². The maximum absolute atomic E-state index is 13.6. The predicted molar refractivity (Wildman–Crippen MR) is 110 cm³/mol. The van der Waals surface area contributed by atoms with Crippen molar-refractivity contribution < 1.29 is 23.1 Å². The molecular weight excluding hydrogens is 391 g/mol. The first-order valence-corrected chi connectivity index (χ1v) is 9.16. The van der Waals surface area contributed by atoms with E-state index in [0.717, 1.165) is 6.07 Å². The smallest absolute Gasteiger partial charge is 0.395 e. The minimum atomic E-state index is -4.57. The second-order valence-corrected chi connectivity index (χ2v) is 6.39. The zero-order valence-electron chi connectivity index (χ0n) is 15.9. The van der Waals surface area contributed by atoms with Crippen molar-refractivity contribution in [2.45, 2.75) is 6.18 Å². The summed E-state index contributed by atoms with van der Waals surface area (Å²) in [6.07, 6.45) is -4.57. The van der Waals surface area contributed by atoms with Crippen LogP contribution in [0.1, 0.15) is 11.1 Å². The third-order valence-electron chi connectivity index (χ3n) is 4.36. The van der Waals surface area contributed by atoms with Crippen LogP contribution in [0.2, 0.25) is 0 Å². The van der Waals surface area contributed by atoms with Gasteiger partial charge in [-0.2, -0.15) is 13.2 Å². The van der Waals surface area contributed by atoms with Crippen molar-refractivity contribution in [3.63, 3.8) is 0 Å². The molecule has 0 aliphatic rings. The Bertz CT molecular complexity index is 1070. The summed E-state index contributed by atoms with van der Waals surface area (Å²) < 4.78 is 40.8. The van der Waals surface area contributed by atoms with Gasteiger partial charge in [-0.1, -0.05) is 60.5 Å². The molecule has 0 spiro atoms. The molecule has 3 nitrogen and oxygen atoms in total. The lowest BCUT2D eigenvalue weighted by atomic mass is 9.97. The van der Waals surface area contributed by atoms with Gasteiger partial charge in [0, 0.05) is 23.7 Å². The Labute approximate surface area is 172 Å². The topological polar surface area (TPSA) is 40.5 Å². The average molecular weight is 409 g/mol. The molecule has 0 unspecified atom stereocenters. The van der Waals surface area contributed by atoms with Gasteiger partial charge >= 0.3 is 12.1 Å².